The number of hydrogen-bond donors (Lipinski definition) is 2. The number of carbonyl (C=O) groups excluding carboxylic acids is 1. The third-order valence-electron chi connectivity index (χ3n) is 5.71. The lowest BCUT2D eigenvalue weighted by Crippen LogP contribution is -2.25. The topological polar surface area (TPSA) is 113 Å². The number of unbranched alkanes of at least 4 members (excludes halogenated alkanes) is 5. The first kappa shape index (κ1) is 33.8. The van der Waals surface area contributed by atoms with Crippen LogP contribution in [0.3, 0.4) is 0 Å². The van der Waals surface area contributed by atoms with Crippen LogP contribution in [0.25, 0.3) is 0 Å². The van der Waals surface area contributed by atoms with Gasteiger partial charge >= 0.3 is 5.97 Å². The van der Waals surface area contributed by atoms with Crippen molar-refractivity contribution >= 4 is 11.9 Å². The van der Waals surface area contributed by atoms with E-state index >= 15 is 0 Å². The predicted octanol–water partition coefficient (Wildman–Crippen LogP) is 4.41. The van der Waals surface area contributed by atoms with E-state index in [4.69, 9.17) is 28.8 Å². The summed E-state index contributed by atoms with van der Waals surface area (Å²) in [5.74, 6) is -0.357. The number of amides is 1. The number of ether oxygens (including phenoxy) is 5. The number of benzene rings is 1. The molecule has 1 rings (SSSR count). The Balaban J connectivity index is 1.80. The number of nitrogens with one attached hydrogen (secondary N) is 1. The second kappa shape index (κ2) is 25.1. The lowest BCUT2D eigenvalue weighted by Gasteiger charge is -2.09. The molecule has 9 nitrogen and oxygen atoms in total. The van der Waals surface area contributed by atoms with Crippen molar-refractivity contribution in [1.29, 1.82) is 0 Å². The van der Waals surface area contributed by atoms with Crippen molar-refractivity contribution in [3.63, 3.8) is 0 Å². The van der Waals surface area contributed by atoms with Gasteiger partial charge in [0.1, 0.15) is 12.4 Å². The summed E-state index contributed by atoms with van der Waals surface area (Å²) in [6, 6.07) is 8.38. The Labute approximate surface area is 228 Å². The summed E-state index contributed by atoms with van der Waals surface area (Å²) in [5, 5.41) is 11.2. The molecule has 0 aliphatic heterocycles. The number of rotatable bonds is 27. The molecule has 9 heteroatoms. The van der Waals surface area contributed by atoms with Crippen LogP contribution in [0.1, 0.15) is 70.3 Å². The second-order valence-electron chi connectivity index (χ2n) is 9.06. The van der Waals surface area contributed by atoms with Gasteiger partial charge in [0, 0.05) is 19.6 Å². The molecule has 0 heterocycles. The maximum Gasteiger partial charge on any atom is 0.303 e. The van der Waals surface area contributed by atoms with Gasteiger partial charge in [-0.2, -0.15) is 0 Å². The minimum Gasteiger partial charge on any atom is -0.491 e. The van der Waals surface area contributed by atoms with Crippen molar-refractivity contribution in [2.24, 2.45) is 0 Å². The molecule has 218 valence electrons. The van der Waals surface area contributed by atoms with Crippen LogP contribution < -0.4 is 10.1 Å². The molecular formula is C29H49NO8. The van der Waals surface area contributed by atoms with Crippen molar-refractivity contribution in [2.75, 3.05) is 66.0 Å². The number of hydrogen-bond acceptors (Lipinski definition) is 7. The molecule has 0 aromatic heterocycles. The summed E-state index contributed by atoms with van der Waals surface area (Å²) >= 11 is 0. The molecule has 0 fully saturated rings. The molecule has 0 bridgehead atoms. The quantitative estimate of drug-likeness (QED) is 0.158. The van der Waals surface area contributed by atoms with E-state index in [2.05, 4.69) is 24.4 Å². The number of aliphatic carboxylic acids is 1. The Morgan fingerprint density at radius 3 is 1.84 bits per heavy atom. The van der Waals surface area contributed by atoms with E-state index in [1.807, 2.05) is 12.1 Å². The molecule has 0 aliphatic rings. The zero-order valence-electron chi connectivity index (χ0n) is 23.3. The third-order valence-corrected chi connectivity index (χ3v) is 5.71. The van der Waals surface area contributed by atoms with Crippen molar-refractivity contribution in [3.05, 3.63) is 29.8 Å². The van der Waals surface area contributed by atoms with E-state index in [9.17, 15) is 9.59 Å². The fraction of sp³-hybridized carbons (Fsp3) is 0.724. The lowest BCUT2D eigenvalue weighted by atomic mass is 10.0. The van der Waals surface area contributed by atoms with Gasteiger partial charge in [-0.1, -0.05) is 51.2 Å². The molecule has 0 spiro atoms. The van der Waals surface area contributed by atoms with Crippen LogP contribution in [0.4, 0.5) is 0 Å². The van der Waals surface area contributed by atoms with E-state index < -0.39 is 5.97 Å². The highest BCUT2D eigenvalue weighted by molar-refractivity contribution is 5.80. The van der Waals surface area contributed by atoms with Crippen LogP contribution >= 0.6 is 0 Å². The summed E-state index contributed by atoms with van der Waals surface area (Å²) in [6.07, 6.45) is 9.56. The highest BCUT2D eigenvalue weighted by atomic mass is 16.6. The zero-order chi connectivity index (χ0) is 27.5. The molecule has 1 aromatic rings. The average molecular weight is 540 g/mol. The fourth-order valence-corrected chi connectivity index (χ4v) is 3.55. The Hall–Kier alpha value is -2.20. The van der Waals surface area contributed by atoms with Crippen LogP contribution in [0.5, 0.6) is 5.75 Å². The van der Waals surface area contributed by atoms with Crippen molar-refractivity contribution in [1.82, 2.24) is 5.32 Å². The van der Waals surface area contributed by atoms with Crippen LogP contribution in [-0.2, 0) is 35.0 Å². The molecule has 2 N–H and O–H groups in total. The molecule has 1 aromatic carbocycles. The van der Waals surface area contributed by atoms with Gasteiger partial charge in [0.05, 0.1) is 52.7 Å². The summed E-state index contributed by atoms with van der Waals surface area (Å²) in [5.41, 5.74) is 1.37. The van der Waals surface area contributed by atoms with Gasteiger partial charge in [0.25, 0.3) is 0 Å². The second-order valence-corrected chi connectivity index (χ2v) is 9.06. The third kappa shape index (κ3) is 21.8. The molecule has 0 aliphatic carbocycles. The molecule has 1 amide bonds. The minimum absolute atomic E-state index is 0.00100. The van der Waals surface area contributed by atoms with Gasteiger partial charge in [-0.05, 0) is 37.0 Å². The predicted molar refractivity (Wildman–Crippen MR) is 147 cm³/mol. The standard InChI is InChI=1S/C29H49NO8/c1-2-3-4-5-6-7-9-26-10-12-27(13-11-26)38-25-24-37-23-22-36-21-20-35-19-18-34-17-8-16-30-28(31)14-15-29(32)33/h10-13H,2-9,14-25H2,1H3,(H,30,31)(H,32,33). The monoisotopic (exact) mass is 539 g/mol. The number of aryl methyl sites for hydroxylation is 1. The summed E-state index contributed by atoms with van der Waals surface area (Å²) < 4.78 is 27.6. The van der Waals surface area contributed by atoms with Gasteiger partial charge in [-0.3, -0.25) is 9.59 Å². The van der Waals surface area contributed by atoms with Crippen molar-refractivity contribution < 1.29 is 38.4 Å². The van der Waals surface area contributed by atoms with Crippen LogP contribution in [0.15, 0.2) is 24.3 Å². The molecule has 0 saturated heterocycles. The number of carboxylic acids is 1. The first-order valence-corrected chi connectivity index (χ1v) is 14.1. The van der Waals surface area contributed by atoms with Crippen molar-refractivity contribution in [2.45, 2.75) is 71.1 Å². The number of carbonyl (C=O) groups is 2. The van der Waals surface area contributed by atoms with Crippen LogP contribution in [0.2, 0.25) is 0 Å². The van der Waals surface area contributed by atoms with Gasteiger partial charge in [-0.25, -0.2) is 0 Å². The smallest absolute Gasteiger partial charge is 0.303 e. The minimum atomic E-state index is -0.974. The normalized spacial score (nSPS) is 11.0. The summed E-state index contributed by atoms with van der Waals surface area (Å²) in [4.78, 5) is 21.7. The molecule has 0 radical (unpaired) electrons. The van der Waals surface area contributed by atoms with E-state index in [-0.39, 0.29) is 18.7 Å². The largest absolute Gasteiger partial charge is 0.491 e. The van der Waals surface area contributed by atoms with E-state index in [1.165, 1.54) is 44.1 Å². The maximum absolute atomic E-state index is 11.3. The first-order chi connectivity index (χ1) is 18.6. The SMILES string of the molecule is CCCCCCCCc1ccc(OCCOCCOCCOCCOCCCNC(=O)CCC(=O)O)cc1. The Morgan fingerprint density at radius 2 is 1.24 bits per heavy atom. The van der Waals surface area contributed by atoms with Gasteiger partial charge in [0.2, 0.25) is 5.91 Å². The summed E-state index contributed by atoms with van der Waals surface area (Å²) in [6.45, 7) is 7.19. The van der Waals surface area contributed by atoms with Crippen molar-refractivity contribution in [3.8, 4) is 5.75 Å². The molecule has 0 atom stereocenters. The van der Waals surface area contributed by atoms with Crippen LogP contribution in [0, 0.1) is 0 Å². The number of carboxylic acid groups (broad SMARTS) is 1. The van der Waals surface area contributed by atoms with E-state index in [1.54, 1.807) is 0 Å². The fourth-order valence-electron chi connectivity index (χ4n) is 3.55. The highest BCUT2D eigenvalue weighted by Crippen LogP contribution is 2.15. The Morgan fingerprint density at radius 1 is 0.684 bits per heavy atom. The molecule has 0 saturated carbocycles. The van der Waals surface area contributed by atoms with Gasteiger partial charge in [-0.15, -0.1) is 0 Å². The lowest BCUT2D eigenvalue weighted by molar-refractivity contribution is -0.138. The highest BCUT2D eigenvalue weighted by Gasteiger charge is 2.04. The maximum atomic E-state index is 11.3. The zero-order valence-corrected chi connectivity index (χ0v) is 23.3. The molecule has 0 unspecified atom stereocenters. The Kier molecular flexibility index (Phi) is 22.3. The van der Waals surface area contributed by atoms with Gasteiger partial charge < -0.3 is 34.1 Å². The Bertz CT molecular complexity index is 698. The van der Waals surface area contributed by atoms with E-state index in [0.29, 0.717) is 72.4 Å². The summed E-state index contributed by atoms with van der Waals surface area (Å²) in [7, 11) is 0. The van der Waals surface area contributed by atoms with Gasteiger partial charge in [0.15, 0.2) is 0 Å². The first-order valence-electron chi connectivity index (χ1n) is 14.1. The molecule has 38 heavy (non-hydrogen) atoms. The van der Waals surface area contributed by atoms with Crippen LogP contribution in [-0.4, -0.2) is 83.0 Å². The molecular weight excluding hydrogens is 490 g/mol. The van der Waals surface area contributed by atoms with E-state index in [0.717, 1.165) is 12.2 Å². The average Bonchev–Trinajstić information content (AvgIpc) is 2.92.